The van der Waals surface area contributed by atoms with Crippen LogP contribution in [0.25, 0.3) is 11.4 Å². The Balaban J connectivity index is 2.00. The van der Waals surface area contributed by atoms with Crippen LogP contribution in [-0.2, 0) is 5.54 Å². The number of nitrogens with zero attached hydrogens (tertiary/aromatic N) is 4. The second-order valence-corrected chi connectivity index (χ2v) is 6.49. The minimum Gasteiger partial charge on any atom is -0.336 e. The molecule has 0 aliphatic heterocycles. The van der Waals surface area contributed by atoms with Crippen LogP contribution < -0.4 is 0 Å². The summed E-state index contributed by atoms with van der Waals surface area (Å²) in [6.07, 6.45) is 3.25. The van der Waals surface area contributed by atoms with E-state index >= 15 is 0 Å². The maximum absolute atomic E-state index is 6.17. The fraction of sp³-hybridized carbons (Fsp3) is 0.214. The van der Waals surface area contributed by atoms with Crippen molar-refractivity contribution in [2.75, 3.05) is 0 Å². The van der Waals surface area contributed by atoms with E-state index in [2.05, 4.69) is 15.2 Å². The predicted octanol–water partition coefficient (Wildman–Crippen LogP) is 4.68. The van der Waals surface area contributed by atoms with Crippen LogP contribution >= 0.6 is 34.8 Å². The van der Waals surface area contributed by atoms with Crippen molar-refractivity contribution >= 4 is 34.8 Å². The molecule has 1 aromatic carbocycles. The zero-order valence-electron chi connectivity index (χ0n) is 11.7. The highest BCUT2D eigenvalue weighted by Crippen LogP contribution is 2.31. The molecule has 0 saturated carbocycles. The van der Waals surface area contributed by atoms with Crippen molar-refractivity contribution in [2.24, 2.45) is 0 Å². The normalized spacial score (nSPS) is 11.9. The summed E-state index contributed by atoms with van der Waals surface area (Å²) in [6, 6.07) is 5.10. The molecule has 0 saturated heterocycles. The number of hydrogen-bond donors (Lipinski definition) is 0. The quantitative estimate of drug-likeness (QED) is 0.683. The van der Waals surface area contributed by atoms with Crippen LogP contribution in [-0.4, -0.2) is 19.9 Å². The van der Waals surface area contributed by atoms with Crippen LogP contribution in [0.3, 0.4) is 0 Å². The summed E-state index contributed by atoms with van der Waals surface area (Å²) >= 11 is 18.0. The summed E-state index contributed by atoms with van der Waals surface area (Å²) in [6.45, 7) is 3.80. The summed E-state index contributed by atoms with van der Waals surface area (Å²) in [5.41, 5.74) is 0.00691. The number of halogens is 3. The molecule has 8 heteroatoms. The number of benzene rings is 1. The van der Waals surface area contributed by atoms with Gasteiger partial charge in [-0.1, -0.05) is 40.0 Å². The van der Waals surface area contributed by atoms with Crippen molar-refractivity contribution in [1.29, 1.82) is 0 Å². The molecule has 22 heavy (non-hydrogen) atoms. The smallest absolute Gasteiger partial charge is 0.254 e. The molecule has 3 rings (SSSR count). The van der Waals surface area contributed by atoms with E-state index in [-0.39, 0.29) is 0 Å². The van der Waals surface area contributed by atoms with E-state index in [1.165, 1.54) is 0 Å². The molecule has 114 valence electrons. The molecule has 0 atom stereocenters. The lowest BCUT2D eigenvalue weighted by Crippen LogP contribution is -2.28. The lowest BCUT2D eigenvalue weighted by molar-refractivity contribution is 0.261. The molecular weight excluding hydrogens is 347 g/mol. The van der Waals surface area contributed by atoms with Crippen LogP contribution in [0.5, 0.6) is 0 Å². The molecule has 0 radical (unpaired) electrons. The zero-order valence-corrected chi connectivity index (χ0v) is 14.0. The van der Waals surface area contributed by atoms with Crippen molar-refractivity contribution < 1.29 is 4.52 Å². The molecule has 0 spiro atoms. The van der Waals surface area contributed by atoms with Gasteiger partial charge in [-0.25, -0.2) is 0 Å². The van der Waals surface area contributed by atoms with Gasteiger partial charge in [0.1, 0.15) is 5.54 Å². The molecule has 0 amide bonds. The molecule has 0 N–H and O–H groups in total. The molecule has 2 heterocycles. The Kier molecular flexibility index (Phi) is 3.89. The minimum atomic E-state index is -0.642. The molecule has 0 unspecified atom stereocenters. The Labute approximate surface area is 141 Å². The monoisotopic (exact) mass is 356 g/mol. The number of rotatable bonds is 3. The molecule has 5 nitrogen and oxygen atoms in total. The molecule has 2 aromatic heterocycles. The van der Waals surface area contributed by atoms with Crippen molar-refractivity contribution in [3.05, 3.63) is 51.6 Å². The predicted molar refractivity (Wildman–Crippen MR) is 85.4 cm³/mol. The van der Waals surface area contributed by atoms with Crippen molar-refractivity contribution in [1.82, 2.24) is 19.9 Å². The fourth-order valence-electron chi connectivity index (χ4n) is 1.96. The van der Waals surface area contributed by atoms with Crippen molar-refractivity contribution in [2.45, 2.75) is 19.4 Å². The Hall–Kier alpha value is -1.56. The third-order valence-corrected chi connectivity index (χ3v) is 3.99. The Bertz CT molecular complexity index is 825. The summed E-state index contributed by atoms with van der Waals surface area (Å²) in [5, 5.41) is 9.72. The topological polar surface area (TPSA) is 56.7 Å². The van der Waals surface area contributed by atoms with E-state index in [1.54, 1.807) is 35.3 Å². The SMILES string of the molecule is CC(C)(c1nc(-c2ccc(Cl)cc2Cl)no1)n1cc(Cl)cn1. The Morgan fingerprint density at radius 3 is 2.55 bits per heavy atom. The van der Waals surface area contributed by atoms with E-state index in [9.17, 15) is 0 Å². The highest BCUT2D eigenvalue weighted by Gasteiger charge is 2.31. The van der Waals surface area contributed by atoms with Gasteiger partial charge in [-0.2, -0.15) is 10.1 Å². The summed E-state index contributed by atoms with van der Waals surface area (Å²) in [4.78, 5) is 4.42. The van der Waals surface area contributed by atoms with Gasteiger partial charge in [0.15, 0.2) is 0 Å². The molecule has 0 aliphatic rings. The van der Waals surface area contributed by atoms with E-state index < -0.39 is 5.54 Å². The van der Waals surface area contributed by atoms with Crippen LogP contribution in [0.4, 0.5) is 0 Å². The first-order valence-electron chi connectivity index (χ1n) is 6.38. The molecule has 0 fully saturated rings. The molecule has 0 aliphatic carbocycles. The number of aromatic nitrogens is 4. The minimum absolute atomic E-state index is 0.392. The van der Waals surface area contributed by atoms with Gasteiger partial charge >= 0.3 is 0 Å². The van der Waals surface area contributed by atoms with Crippen LogP contribution in [0.15, 0.2) is 35.1 Å². The summed E-state index contributed by atoms with van der Waals surface area (Å²) in [7, 11) is 0. The Morgan fingerprint density at radius 2 is 1.91 bits per heavy atom. The van der Waals surface area contributed by atoms with E-state index in [0.29, 0.717) is 32.3 Å². The maximum atomic E-state index is 6.17. The lowest BCUT2D eigenvalue weighted by Gasteiger charge is -2.20. The van der Waals surface area contributed by atoms with Gasteiger partial charge in [0.2, 0.25) is 5.82 Å². The van der Waals surface area contributed by atoms with E-state index in [4.69, 9.17) is 39.3 Å². The van der Waals surface area contributed by atoms with Gasteiger partial charge in [-0.15, -0.1) is 0 Å². The first-order valence-corrected chi connectivity index (χ1v) is 7.51. The number of hydrogen-bond acceptors (Lipinski definition) is 4. The van der Waals surface area contributed by atoms with Gasteiger partial charge < -0.3 is 4.52 Å². The van der Waals surface area contributed by atoms with Gasteiger partial charge in [0.25, 0.3) is 5.89 Å². The third kappa shape index (κ3) is 2.72. The highest BCUT2D eigenvalue weighted by atomic mass is 35.5. The molecule has 3 aromatic rings. The second-order valence-electron chi connectivity index (χ2n) is 5.21. The van der Waals surface area contributed by atoms with Crippen molar-refractivity contribution in [3.63, 3.8) is 0 Å². The summed E-state index contributed by atoms with van der Waals surface area (Å²) < 4.78 is 7.04. The van der Waals surface area contributed by atoms with Gasteiger partial charge in [0.05, 0.1) is 16.2 Å². The van der Waals surface area contributed by atoms with E-state index in [1.807, 2.05) is 13.8 Å². The first kappa shape index (κ1) is 15.3. The van der Waals surface area contributed by atoms with Gasteiger partial charge in [-0.05, 0) is 32.0 Å². The highest BCUT2D eigenvalue weighted by molar-refractivity contribution is 6.36. The average molecular weight is 358 g/mol. The summed E-state index contributed by atoms with van der Waals surface area (Å²) in [5.74, 6) is 0.788. The van der Waals surface area contributed by atoms with Gasteiger partial charge in [0, 0.05) is 16.8 Å². The first-order chi connectivity index (χ1) is 10.4. The fourth-order valence-corrected chi connectivity index (χ4v) is 2.59. The largest absolute Gasteiger partial charge is 0.336 e. The van der Waals surface area contributed by atoms with Crippen molar-refractivity contribution in [3.8, 4) is 11.4 Å². The Morgan fingerprint density at radius 1 is 1.14 bits per heavy atom. The van der Waals surface area contributed by atoms with E-state index in [0.717, 1.165) is 0 Å². The lowest BCUT2D eigenvalue weighted by atomic mass is 10.1. The molecular formula is C14H11Cl3N4O. The third-order valence-electron chi connectivity index (χ3n) is 3.25. The maximum Gasteiger partial charge on any atom is 0.254 e. The van der Waals surface area contributed by atoms with Crippen LogP contribution in [0.2, 0.25) is 15.1 Å². The van der Waals surface area contributed by atoms with Crippen LogP contribution in [0, 0.1) is 0 Å². The zero-order chi connectivity index (χ0) is 15.9. The second kappa shape index (κ2) is 5.57. The van der Waals surface area contributed by atoms with Gasteiger partial charge in [-0.3, -0.25) is 4.68 Å². The average Bonchev–Trinajstić information content (AvgIpc) is 3.08. The van der Waals surface area contributed by atoms with Crippen LogP contribution in [0.1, 0.15) is 19.7 Å². The molecule has 0 bridgehead atoms. The standard InChI is InChI=1S/C14H11Cl3N4O/c1-14(2,21-7-9(16)6-18-21)13-19-12(20-22-13)10-4-3-8(15)5-11(10)17/h3-7H,1-2H3.